The summed E-state index contributed by atoms with van der Waals surface area (Å²) < 4.78 is 4.20. The van der Waals surface area contributed by atoms with Crippen molar-refractivity contribution in [3.8, 4) is 22.6 Å². The maximum Gasteiger partial charge on any atom is 0.258 e. The minimum atomic E-state index is -0.131. The summed E-state index contributed by atoms with van der Waals surface area (Å²) in [4.78, 5) is 24.0. The van der Waals surface area contributed by atoms with Gasteiger partial charge in [0.15, 0.2) is 0 Å². The SMILES string of the molecule is CC(C)n1ccc(-c2nc3n(c2-c2ccc4nc[nH]c(=O)c4c2)CCC3)n1. The Hall–Kier alpha value is -3.22. The van der Waals surface area contributed by atoms with Crippen molar-refractivity contribution >= 4 is 10.9 Å². The van der Waals surface area contributed by atoms with E-state index in [-0.39, 0.29) is 5.56 Å². The van der Waals surface area contributed by atoms with Crippen molar-refractivity contribution < 1.29 is 0 Å². The Morgan fingerprint density at radius 1 is 1.22 bits per heavy atom. The Morgan fingerprint density at radius 2 is 2.11 bits per heavy atom. The van der Waals surface area contributed by atoms with E-state index in [9.17, 15) is 4.79 Å². The van der Waals surface area contributed by atoms with Crippen LogP contribution < -0.4 is 5.56 Å². The molecule has 0 saturated heterocycles. The Kier molecular flexibility index (Phi) is 3.50. The zero-order chi connectivity index (χ0) is 18.5. The van der Waals surface area contributed by atoms with Crippen LogP contribution in [-0.4, -0.2) is 29.3 Å². The van der Waals surface area contributed by atoms with Gasteiger partial charge in [0, 0.05) is 30.8 Å². The molecule has 5 rings (SSSR count). The van der Waals surface area contributed by atoms with Gasteiger partial charge in [-0.25, -0.2) is 9.97 Å². The average Bonchev–Trinajstić information content (AvgIpc) is 3.37. The van der Waals surface area contributed by atoms with E-state index in [1.807, 2.05) is 35.1 Å². The van der Waals surface area contributed by atoms with Gasteiger partial charge in [0.2, 0.25) is 0 Å². The summed E-state index contributed by atoms with van der Waals surface area (Å²) >= 11 is 0. The fraction of sp³-hybridized carbons (Fsp3) is 0.300. The fourth-order valence-electron chi connectivity index (χ4n) is 3.77. The molecule has 0 atom stereocenters. The number of hydrogen-bond donors (Lipinski definition) is 1. The van der Waals surface area contributed by atoms with Crippen LogP contribution in [0.3, 0.4) is 0 Å². The van der Waals surface area contributed by atoms with Gasteiger partial charge in [0.05, 0.1) is 22.9 Å². The highest BCUT2D eigenvalue weighted by Crippen LogP contribution is 2.35. The van der Waals surface area contributed by atoms with Gasteiger partial charge in [-0.2, -0.15) is 5.10 Å². The van der Waals surface area contributed by atoms with E-state index in [4.69, 9.17) is 10.1 Å². The Labute approximate surface area is 155 Å². The first-order valence-electron chi connectivity index (χ1n) is 9.24. The van der Waals surface area contributed by atoms with Crippen molar-refractivity contribution in [2.24, 2.45) is 0 Å². The third-order valence-corrected chi connectivity index (χ3v) is 5.12. The second-order valence-electron chi connectivity index (χ2n) is 7.22. The number of aromatic amines is 1. The molecule has 0 saturated carbocycles. The molecule has 4 aromatic rings. The molecular weight excluding hydrogens is 340 g/mol. The average molecular weight is 360 g/mol. The van der Waals surface area contributed by atoms with Gasteiger partial charge in [0.25, 0.3) is 5.56 Å². The molecule has 136 valence electrons. The number of benzene rings is 1. The summed E-state index contributed by atoms with van der Waals surface area (Å²) in [7, 11) is 0. The molecule has 27 heavy (non-hydrogen) atoms. The minimum absolute atomic E-state index is 0.131. The number of aryl methyl sites for hydroxylation is 1. The lowest BCUT2D eigenvalue weighted by molar-refractivity contribution is 0.534. The Bertz CT molecular complexity index is 1210. The van der Waals surface area contributed by atoms with Crippen LogP contribution in [0, 0.1) is 0 Å². The molecule has 1 aromatic carbocycles. The molecule has 3 aromatic heterocycles. The molecule has 7 heteroatoms. The summed E-state index contributed by atoms with van der Waals surface area (Å²) in [5.74, 6) is 1.08. The number of imidazole rings is 1. The lowest BCUT2D eigenvalue weighted by Crippen LogP contribution is -2.06. The van der Waals surface area contributed by atoms with Crippen LogP contribution in [-0.2, 0) is 13.0 Å². The maximum atomic E-state index is 12.2. The molecule has 0 aliphatic carbocycles. The number of nitrogens with one attached hydrogen (secondary N) is 1. The third-order valence-electron chi connectivity index (χ3n) is 5.12. The van der Waals surface area contributed by atoms with Crippen LogP contribution in [0.5, 0.6) is 0 Å². The van der Waals surface area contributed by atoms with E-state index in [0.29, 0.717) is 16.9 Å². The number of H-pyrrole nitrogens is 1. The molecule has 1 aliphatic rings. The van der Waals surface area contributed by atoms with Crippen molar-refractivity contribution in [1.29, 1.82) is 0 Å². The lowest BCUT2D eigenvalue weighted by atomic mass is 10.1. The van der Waals surface area contributed by atoms with E-state index in [2.05, 4.69) is 28.4 Å². The second-order valence-corrected chi connectivity index (χ2v) is 7.22. The van der Waals surface area contributed by atoms with Crippen LogP contribution in [0.2, 0.25) is 0 Å². The topological polar surface area (TPSA) is 81.4 Å². The van der Waals surface area contributed by atoms with Gasteiger partial charge in [0.1, 0.15) is 17.2 Å². The van der Waals surface area contributed by atoms with Crippen LogP contribution in [0.4, 0.5) is 0 Å². The minimum Gasteiger partial charge on any atom is -0.327 e. The van der Waals surface area contributed by atoms with Crippen molar-refractivity contribution in [1.82, 2.24) is 29.3 Å². The van der Waals surface area contributed by atoms with Gasteiger partial charge in [-0.05, 0) is 38.5 Å². The second kappa shape index (κ2) is 5.90. The van der Waals surface area contributed by atoms with Crippen molar-refractivity contribution in [3.63, 3.8) is 0 Å². The highest BCUT2D eigenvalue weighted by atomic mass is 16.1. The van der Waals surface area contributed by atoms with Crippen molar-refractivity contribution in [3.05, 3.63) is 53.0 Å². The molecule has 4 heterocycles. The van der Waals surface area contributed by atoms with E-state index in [1.54, 1.807) is 0 Å². The van der Waals surface area contributed by atoms with Crippen molar-refractivity contribution in [2.75, 3.05) is 0 Å². The standard InChI is InChI=1S/C20H20N6O/c1-12(2)26-9-7-16(24-26)18-19(25-8-3-4-17(25)23-18)13-5-6-15-14(10-13)20(27)22-11-21-15/h5-7,9-12H,3-4,8H2,1-2H3,(H,21,22,27). The first kappa shape index (κ1) is 16.0. The quantitative estimate of drug-likeness (QED) is 0.608. The normalized spacial score (nSPS) is 13.6. The molecule has 0 fully saturated rings. The first-order chi connectivity index (χ1) is 13.1. The number of fused-ring (bicyclic) bond motifs is 2. The van der Waals surface area contributed by atoms with Crippen LogP contribution in [0.1, 0.15) is 32.1 Å². The third kappa shape index (κ3) is 2.50. The Balaban J connectivity index is 1.74. The summed E-state index contributed by atoms with van der Waals surface area (Å²) in [5, 5.41) is 5.30. The van der Waals surface area contributed by atoms with E-state index in [0.717, 1.165) is 47.9 Å². The largest absolute Gasteiger partial charge is 0.327 e. The summed E-state index contributed by atoms with van der Waals surface area (Å²) in [6.45, 7) is 5.14. The maximum absolute atomic E-state index is 12.2. The fourth-order valence-corrected chi connectivity index (χ4v) is 3.77. The summed E-state index contributed by atoms with van der Waals surface area (Å²) in [5.41, 5.74) is 4.30. The van der Waals surface area contributed by atoms with E-state index < -0.39 is 0 Å². The molecule has 0 unspecified atom stereocenters. The summed E-state index contributed by atoms with van der Waals surface area (Å²) in [6.07, 6.45) is 5.48. The van der Waals surface area contributed by atoms with E-state index >= 15 is 0 Å². The van der Waals surface area contributed by atoms with Crippen LogP contribution >= 0.6 is 0 Å². The predicted molar refractivity (Wildman–Crippen MR) is 104 cm³/mol. The molecule has 7 nitrogen and oxygen atoms in total. The van der Waals surface area contributed by atoms with Gasteiger partial charge in [-0.15, -0.1) is 0 Å². The molecule has 0 amide bonds. The van der Waals surface area contributed by atoms with E-state index in [1.165, 1.54) is 6.33 Å². The summed E-state index contributed by atoms with van der Waals surface area (Å²) in [6, 6.07) is 8.12. The molecule has 0 bridgehead atoms. The number of rotatable bonds is 3. The highest BCUT2D eigenvalue weighted by molar-refractivity contribution is 5.86. The van der Waals surface area contributed by atoms with Gasteiger partial charge in [-0.1, -0.05) is 6.07 Å². The number of aromatic nitrogens is 6. The van der Waals surface area contributed by atoms with Crippen LogP contribution in [0.25, 0.3) is 33.5 Å². The number of hydrogen-bond acceptors (Lipinski definition) is 4. The smallest absolute Gasteiger partial charge is 0.258 e. The van der Waals surface area contributed by atoms with Crippen molar-refractivity contribution in [2.45, 2.75) is 39.3 Å². The zero-order valence-corrected chi connectivity index (χ0v) is 15.3. The van der Waals surface area contributed by atoms with Gasteiger partial charge in [-0.3, -0.25) is 9.48 Å². The molecule has 1 N–H and O–H groups in total. The molecule has 0 radical (unpaired) electrons. The lowest BCUT2D eigenvalue weighted by Gasteiger charge is -2.09. The predicted octanol–water partition coefficient (Wildman–Crippen LogP) is 3.18. The van der Waals surface area contributed by atoms with Crippen LogP contribution in [0.15, 0.2) is 41.6 Å². The Morgan fingerprint density at radius 3 is 2.93 bits per heavy atom. The highest BCUT2D eigenvalue weighted by Gasteiger charge is 2.25. The monoisotopic (exact) mass is 360 g/mol. The zero-order valence-electron chi connectivity index (χ0n) is 15.3. The molecule has 0 spiro atoms. The van der Waals surface area contributed by atoms with Gasteiger partial charge < -0.3 is 9.55 Å². The molecular formula is C20H20N6O. The van der Waals surface area contributed by atoms with Gasteiger partial charge >= 0.3 is 0 Å². The number of nitrogens with zero attached hydrogens (tertiary/aromatic N) is 5. The first-order valence-corrected chi connectivity index (χ1v) is 9.24. The molecule has 1 aliphatic heterocycles.